The molecule has 1 heterocycles. The van der Waals surface area contributed by atoms with E-state index in [9.17, 15) is 4.79 Å². The number of nitrogens with one attached hydrogen (secondary N) is 1. The van der Waals surface area contributed by atoms with Gasteiger partial charge in [0.05, 0.1) is 5.69 Å². The maximum Gasteiger partial charge on any atom is 0.274 e. The molecule has 0 aliphatic carbocycles. The largest absolute Gasteiger partial charge is 0.320 e. The molecular formula is C13H10Br2N2O. The number of hydrogen-bond acceptors (Lipinski definition) is 2. The van der Waals surface area contributed by atoms with E-state index in [0.717, 1.165) is 20.2 Å². The lowest BCUT2D eigenvalue weighted by Crippen LogP contribution is -2.13. The molecular weight excluding hydrogens is 360 g/mol. The third kappa shape index (κ3) is 3.17. The van der Waals surface area contributed by atoms with Gasteiger partial charge in [0.15, 0.2) is 0 Å². The van der Waals surface area contributed by atoms with Gasteiger partial charge >= 0.3 is 0 Å². The fourth-order valence-electron chi connectivity index (χ4n) is 1.42. The molecule has 2 aromatic rings. The van der Waals surface area contributed by atoms with E-state index in [1.165, 1.54) is 0 Å². The molecule has 0 saturated carbocycles. The summed E-state index contributed by atoms with van der Waals surface area (Å²) >= 11 is 6.70. The van der Waals surface area contributed by atoms with Crippen LogP contribution in [0.15, 0.2) is 45.5 Å². The Morgan fingerprint density at radius 3 is 2.61 bits per heavy atom. The SMILES string of the molecule is Cc1ccc(NC(=O)c2ccc(Br)cn2)c(Br)c1. The predicted octanol–water partition coefficient (Wildman–Crippen LogP) is 4.17. The van der Waals surface area contributed by atoms with Crippen molar-refractivity contribution in [3.63, 3.8) is 0 Å². The monoisotopic (exact) mass is 368 g/mol. The van der Waals surface area contributed by atoms with Crippen LogP contribution >= 0.6 is 31.9 Å². The van der Waals surface area contributed by atoms with Crippen molar-refractivity contribution < 1.29 is 4.79 Å². The topological polar surface area (TPSA) is 42.0 Å². The minimum atomic E-state index is -0.230. The van der Waals surface area contributed by atoms with Crippen LogP contribution in [0.25, 0.3) is 0 Å². The van der Waals surface area contributed by atoms with E-state index >= 15 is 0 Å². The van der Waals surface area contributed by atoms with E-state index in [2.05, 4.69) is 42.2 Å². The third-order valence-electron chi connectivity index (χ3n) is 2.33. The summed E-state index contributed by atoms with van der Waals surface area (Å²) in [6, 6.07) is 9.20. The van der Waals surface area contributed by atoms with Crippen molar-refractivity contribution in [3.05, 3.63) is 56.7 Å². The Morgan fingerprint density at radius 1 is 1.22 bits per heavy atom. The number of halogens is 2. The molecule has 1 amide bonds. The highest BCUT2D eigenvalue weighted by Gasteiger charge is 2.09. The summed E-state index contributed by atoms with van der Waals surface area (Å²) < 4.78 is 1.70. The molecule has 2 rings (SSSR count). The molecule has 92 valence electrons. The first-order valence-corrected chi connectivity index (χ1v) is 6.84. The molecule has 1 aromatic heterocycles. The molecule has 0 spiro atoms. The second kappa shape index (κ2) is 5.63. The molecule has 5 heteroatoms. The van der Waals surface area contributed by atoms with Crippen LogP contribution < -0.4 is 5.32 Å². The van der Waals surface area contributed by atoms with Gasteiger partial charge in [-0.3, -0.25) is 4.79 Å². The van der Waals surface area contributed by atoms with Gasteiger partial charge in [0, 0.05) is 15.1 Å². The van der Waals surface area contributed by atoms with Crippen LogP contribution in [-0.4, -0.2) is 10.9 Å². The molecule has 3 nitrogen and oxygen atoms in total. The van der Waals surface area contributed by atoms with Gasteiger partial charge in [-0.05, 0) is 68.6 Å². The maximum absolute atomic E-state index is 12.0. The Hall–Kier alpha value is -1.20. The highest BCUT2D eigenvalue weighted by Crippen LogP contribution is 2.23. The van der Waals surface area contributed by atoms with E-state index in [0.29, 0.717) is 5.69 Å². The molecule has 0 bridgehead atoms. The fourth-order valence-corrected chi connectivity index (χ4v) is 2.24. The number of aromatic nitrogens is 1. The predicted molar refractivity (Wildman–Crippen MR) is 78.8 cm³/mol. The summed E-state index contributed by atoms with van der Waals surface area (Å²) in [4.78, 5) is 16.0. The van der Waals surface area contributed by atoms with Gasteiger partial charge in [-0.15, -0.1) is 0 Å². The van der Waals surface area contributed by atoms with Crippen molar-refractivity contribution in [3.8, 4) is 0 Å². The van der Waals surface area contributed by atoms with Crippen LogP contribution in [0, 0.1) is 6.92 Å². The van der Waals surface area contributed by atoms with Gasteiger partial charge in [0.25, 0.3) is 5.91 Å². The molecule has 18 heavy (non-hydrogen) atoms. The first-order valence-electron chi connectivity index (χ1n) is 5.25. The minimum absolute atomic E-state index is 0.230. The van der Waals surface area contributed by atoms with Gasteiger partial charge in [-0.25, -0.2) is 4.98 Å². The Morgan fingerprint density at radius 2 is 2.00 bits per heavy atom. The average molecular weight is 370 g/mol. The van der Waals surface area contributed by atoms with E-state index < -0.39 is 0 Å². The van der Waals surface area contributed by atoms with Gasteiger partial charge in [0.2, 0.25) is 0 Å². The average Bonchev–Trinajstić information content (AvgIpc) is 2.33. The van der Waals surface area contributed by atoms with Crippen molar-refractivity contribution in [1.82, 2.24) is 4.98 Å². The van der Waals surface area contributed by atoms with E-state index in [-0.39, 0.29) is 5.91 Å². The van der Waals surface area contributed by atoms with Crippen LogP contribution in [0.1, 0.15) is 16.1 Å². The number of aryl methyl sites for hydroxylation is 1. The fraction of sp³-hybridized carbons (Fsp3) is 0.0769. The molecule has 0 atom stereocenters. The Balaban J connectivity index is 2.18. The van der Waals surface area contributed by atoms with Gasteiger partial charge in [0.1, 0.15) is 5.69 Å². The summed E-state index contributed by atoms with van der Waals surface area (Å²) in [6.07, 6.45) is 1.60. The maximum atomic E-state index is 12.0. The highest BCUT2D eigenvalue weighted by molar-refractivity contribution is 9.10. The molecule has 0 unspecified atom stereocenters. The lowest BCUT2D eigenvalue weighted by atomic mass is 10.2. The number of pyridine rings is 1. The number of amides is 1. The second-order valence-electron chi connectivity index (χ2n) is 3.80. The lowest BCUT2D eigenvalue weighted by Gasteiger charge is -2.07. The summed E-state index contributed by atoms with van der Waals surface area (Å²) in [5.74, 6) is -0.230. The van der Waals surface area contributed by atoms with Gasteiger partial charge in [-0.1, -0.05) is 6.07 Å². The second-order valence-corrected chi connectivity index (χ2v) is 5.57. The Kier molecular flexibility index (Phi) is 4.14. The van der Waals surface area contributed by atoms with Crippen LogP contribution in [-0.2, 0) is 0 Å². The number of hydrogen-bond donors (Lipinski definition) is 1. The number of rotatable bonds is 2. The molecule has 0 fully saturated rings. The zero-order valence-corrected chi connectivity index (χ0v) is 12.7. The lowest BCUT2D eigenvalue weighted by molar-refractivity contribution is 0.102. The zero-order valence-electron chi connectivity index (χ0n) is 9.58. The van der Waals surface area contributed by atoms with Crippen molar-refractivity contribution >= 4 is 43.5 Å². The number of anilines is 1. The van der Waals surface area contributed by atoms with E-state index in [1.54, 1.807) is 18.3 Å². The molecule has 0 saturated heterocycles. The first-order chi connectivity index (χ1) is 8.56. The molecule has 1 aromatic carbocycles. The summed E-state index contributed by atoms with van der Waals surface area (Å²) in [5, 5.41) is 2.81. The normalized spacial score (nSPS) is 10.2. The Labute approximate surface area is 122 Å². The molecule has 0 radical (unpaired) electrons. The number of benzene rings is 1. The molecule has 0 aliphatic rings. The Bertz CT molecular complexity index is 582. The number of carbonyl (C=O) groups excluding carboxylic acids is 1. The zero-order chi connectivity index (χ0) is 13.1. The van der Waals surface area contributed by atoms with Crippen LogP contribution in [0.2, 0.25) is 0 Å². The van der Waals surface area contributed by atoms with E-state index in [1.807, 2.05) is 25.1 Å². The quantitative estimate of drug-likeness (QED) is 0.863. The molecule has 0 aliphatic heterocycles. The summed E-state index contributed by atoms with van der Waals surface area (Å²) in [7, 11) is 0. The van der Waals surface area contributed by atoms with Crippen LogP contribution in [0.4, 0.5) is 5.69 Å². The van der Waals surface area contributed by atoms with E-state index in [4.69, 9.17) is 0 Å². The van der Waals surface area contributed by atoms with Crippen LogP contribution in [0.3, 0.4) is 0 Å². The van der Waals surface area contributed by atoms with Crippen molar-refractivity contribution in [2.45, 2.75) is 6.92 Å². The number of carbonyl (C=O) groups is 1. The standard InChI is InChI=1S/C13H10Br2N2O/c1-8-2-4-11(10(15)6-8)17-13(18)12-5-3-9(14)7-16-12/h2-7H,1H3,(H,17,18). The van der Waals surface area contributed by atoms with Crippen molar-refractivity contribution in [2.24, 2.45) is 0 Å². The van der Waals surface area contributed by atoms with Crippen molar-refractivity contribution in [1.29, 1.82) is 0 Å². The highest BCUT2D eigenvalue weighted by atomic mass is 79.9. The molecule has 1 N–H and O–H groups in total. The smallest absolute Gasteiger partial charge is 0.274 e. The summed E-state index contributed by atoms with van der Waals surface area (Å²) in [5.41, 5.74) is 2.24. The van der Waals surface area contributed by atoms with Gasteiger partial charge < -0.3 is 5.32 Å². The van der Waals surface area contributed by atoms with Crippen molar-refractivity contribution in [2.75, 3.05) is 5.32 Å². The number of nitrogens with zero attached hydrogens (tertiary/aromatic N) is 1. The first kappa shape index (κ1) is 13.2. The van der Waals surface area contributed by atoms with Gasteiger partial charge in [-0.2, -0.15) is 0 Å². The minimum Gasteiger partial charge on any atom is -0.320 e. The third-order valence-corrected chi connectivity index (χ3v) is 3.46. The summed E-state index contributed by atoms with van der Waals surface area (Å²) in [6.45, 7) is 1.99. The van der Waals surface area contributed by atoms with Crippen LogP contribution in [0.5, 0.6) is 0 Å².